The zero-order valence-corrected chi connectivity index (χ0v) is 18.6. The van der Waals surface area contributed by atoms with Crippen LogP contribution in [0.15, 0.2) is 29.2 Å². The molecular formula is C22H28N4O3S. The number of fused-ring (bicyclic) bond motifs is 1. The third-order valence-electron chi connectivity index (χ3n) is 5.29. The van der Waals surface area contributed by atoms with Gasteiger partial charge in [0.2, 0.25) is 0 Å². The fourth-order valence-corrected chi connectivity index (χ4v) is 4.05. The number of carbonyl (C=O) groups excluding carboxylic acids is 2. The number of carbonyl (C=O) groups is 2. The molecular weight excluding hydrogens is 400 g/mol. The second kappa shape index (κ2) is 9.40. The Labute approximate surface area is 179 Å². The number of anilines is 1. The molecule has 0 aliphatic carbocycles. The molecule has 1 aliphatic heterocycles. The lowest BCUT2D eigenvalue weighted by atomic mass is 10.1. The first kappa shape index (κ1) is 22.0. The summed E-state index contributed by atoms with van der Waals surface area (Å²) >= 11 is 0. The van der Waals surface area contributed by atoms with Crippen LogP contribution in [0.4, 0.5) is 5.69 Å². The Hall–Kier alpha value is -2.71. The van der Waals surface area contributed by atoms with Crippen LogP contribution in [0.1, 0.15) is 41.2 Å². The van der Waals surface area contributed by atoms with Gasteiger partial charge in [0.15, 0.2) is 0 Å². The Morgan fingerprint density at radius 1 is 1.23 bits per heavy atom. The minimum Gasteiger partial charge on any atom is -0.358 e. The molecule has 1 unspecified atom stereocenters. The highest BCUT2D eigenvalue weighted by atomic mass is 32.2. The SMILES string of the molecule is CCN(CC)CCNC(=O)c1cc(/C=C2\C(=O)Nc3ccc(S(C)=O)cc32)[nH]c1C. The third kappa shape index (κ3) is 4.71. The van der Waals surface area contributed by atoms with Gasteiger partial charge >= 0.3 is 0 Å². The summed E-state index contributed by atoms with van der Waals surface area (Å²) in [4.78, 5) is 31.1. The van der Waals surface area contributed by atoms with Crippen LogP contribution in [0.3, 0.4) is 0 Å². The van der Waals surface area contributed by atoms with Crippen LogP contribution in [0.25, 0.3) is 11.6 Å². The molecule has 3 N–H and O–H groups in total. The molecule has 3 rings (SSSR count). The number of hydrogen-bond donors (Lipinski definition) is 3. The van der Waals surface area contributed by atoms with Gasteiger partial charge in [0, 0.05) is 57.7 Å². The summed E-state index contributed by atoms with van der Waals surface area (Å²) in [7, 11) is -1.14. The number of H-pyrrole nitrogens is 1. The van der Waals surface area contributed by atoms with Crippen molar-refractivity contribution in [2.24, 2.45) is 0 Å². The fraction of sp³-hybridized carbons (Fsp3) is 0.364. The highest BCUT2D eigenvalue weighted by molar-refractivity contribution is 7.84. The van der Waals surface area contributed by atoms with E-state index in [1.165, 1.54) is 0 Å². The molecule has 0 bridgehead atoms. The van der Waals surface area contributed by atoms with Gasteiger partial charge in [0.25, 0.3) is 11.8 Å². The van der Waals surface area contributed by atoms with Crippen LogP contribution in [-0.4, -0.2) is 58.3 Å². The van der Waals surface area contributed by atoms with Gasteiger partial charge in [-0.1, -0.05) is 13.8 Å². The maximum absolute atomic E-state index is 12.6. The number of likely N-dealkylation sites (N-methyl/N-ethyl adjacent to an activating group) is 1. The lowest BCUT2D eigenvalue weighted by Crippen LogP contribution is -2.34. The first-order chi connectivity index (χ1) is 14.3. The molecule has 1 aliphatic rings. The van der Waals surface area contributed by atoms with Crippen molar-refractivity contribution in [3.8, 4) is 0 Å². The van der Waals surface area contributed by atoms with Gasteiger partial charge in [-0.15, -0.1) is 0 Å². The lowest BCUT2D eigenvalue weighted by Gasteiger charge is -2.17. The van der Waals surface area contributed by atoms with Crippen molar-refractivity contribution in [2.45, 2.75) is 25.7 Å². The molecule has 0 fully saturated rings. The van der Waals surface area contributed by atoms with Crippen LogP contribution in [0, 0.1) is 6.92 Å². The highest BCUT2D eigenvalue weighted by Crippen LogP contribution is 2.34. The van der Waals surface area contributed by atoms with E-state index < -0.39 is 10.8 Å². The highest BCUT2D eigenvalue weighted by Gasteiger charge is 2.25. The molecule has 7 nitrogen and oxygen atoms in total. The zero-order valence-electron chi connectivity index (χ0n) is 17.8. The van der Waals surface area contributed by atoms with Gasteiger partial charge < -0.3 is 20.5 Å². The molecule has 1 aromatic heterocycles. The van der Waals surface area contributed by atoms with Crippen molar-refractivity contribution in [2.75, 3.05) is 37.8 Å². The zero-order chi connectivity index (χ0) is 21.8. The number of rotatable bonds is 8. The minimum atomic E-state index is -1.14. The Balaban J connectivity index is 1.80. The maximum Gasteiger partial charge on any atom is 0.256 e. The summed E-state index contributed by atoms with van der Waals surface area (Å²) in [5.41, 5.74) is 3.85. The molecule has 8 heteroatoms. The topological polar surface area (TPSA) is 94.3 Å². The van der Waals surface area contributed by atoms with Gasteiger partial charge in [-0.05, 0) is 50.4 Å². The van der Waals surface area contributed by atoms with Crippen molar-refractivity contribution in [3.05, 3.63) is 46.8 Å². The molecule has 0 saturated carbocycles. The Kier molecular flexibility index (Phi) is 6.89. The number of aromatic nitrogens is 1. The number of hydrogen-bond acceptors (Lipinski definition) is 4. The molecule has 1 atom stereocenters. The monoisotopic (exact) mass is 428 g/mol. The first-order valence-corrected chi connectivity index (χ1v) is 11.6. The summed E-state index contributed by atoms with van der Waals surface area (Å²) in [5, 5.41) is 5.78. The van der Waals surface area contributed by atoms with E-state index in [0.717, 1.165) is 25.3 Å². The fourth-order valence-electron chi connectivity index (χ4n) is 3.50. The normalized spacial score (nSPS) is 15.4. The molecule has 2 amide bonds. The second-order valence-electron chi connectivity index (χ2n) is 7.22. The molecule has 1 aromatic carbocycles. The number of nitrogens with one attached hydrogen (secondary N) is 3. The lowest BCUT2D eigenvalue weighted by molar-refractivity contribution is -0.110. The number of aromatic amines is 1. The van der Waals surface area contributed by atoms with Crippen LogP contribution < -0.4 is 10.6 Å². The van der Waals surface area contributed by atoms with Crippen LogP contribution in [-0.2, 0) is 15.6 Å². The average Bonchev–Trinajstić information content (AvgIpc) is 3.24. The van der Waals surface area contributed by atoms with Crippen LogP contribution in [0.5, 0.6) is 0 Å². The number of benzene rings is 1. The van der Waals surface area contributed by atoms with Crippen molar-refractivity contribution in [1.82, 2.24) is 15.2 Å². The summed E-state index contributed by atoms with van der Waals surface area (Å²) in [6.07, 6.45) is 3.33. The molecule has 0 radical (unpaired) electrons. The number of nitrogens with zero attached hydrogens (tertiary/aromatic N) is 1. The first-order valence-electron chi connectivity index (χ1n) is 10.0. The van der Waals surface area contributed by atoms with Gasteiger partial charge in [-0.25, -0.2) is 0 Å². The van der Waals surface area contributed by atoms with E-state index in [2.05, 4.69) is 34.4 Å². The van der Waals surface area contributed by atoms with Crippen LogP contribution >= 0.6 is 0 Å². The smallest absolute Gasteiger partial charge is 0.256 e. The van der Waals surface area contributed by atoms with Crippen molar-refractivity contribution in [3.63, 3.8) is 0 Å². The van der Waals surface area contributed by atoms with Gasteiger partial charge in [-0.2, -0.15) is 0 Å². The molecule has 0 spiro atoms. The van der Waals surface area contributed by atoms with E-state index in [0.29, 0.717) is 39.5 Å². The van der Waals surface area contributed by atoms with Crippen molar-refractivity contribution >= 4 is 40.0 Å². The maximum atomic E-state index is 12.6. The Morgan fingerprint density at radius 3 is 2.63 bits per heavy atom. The third-order valence-corrected chi connectivity index (χ3v) is 6.21. The molecule has 2 heterocycles. The average molecular weight is 429 g/mol. The molecule has 30 heavy (non-hydrogen) atoms. The van der Waals surface area contributed by atoms with E-state index in [4.69, 9.17) is 0 Å². The number of aryl methyl sites for hydroxylation is 1. The Bertz CT molecular complexity index is 1020. The quantitative estimate of drug-likeness (QED) is 0.564. The van der Waals surface area contributed by atoms with E-state index in [1.807, 2.05) is 6.92 Å². The van der Waals surface area contributed by atoms with Crippen LogP contribution in [0.2, 0.25) is 0 Å². The summed E-state index contributed by atoms with van der Waals surface area (Å²) in [6.45, 7) is 9.31. The molecule has 0 saturated heterocycles. The molecule has 160 valence electrons. The molecule has 2 aromatic rings. The van der Waals surface area contributed by atoms with Gasteiger partial charge in [-0.3, -0.25) is 13.8 Å². The summed E-state index contributed by atoms with van der Waals surface area (Å²) in [5.74, 6) is -0.359. The van der Waals surface area contributed by atoms with E-state index >= 15 is 0 Å². The van der Waals surface area contributed by atoms with Gasteiger partial charge in [0.05, 0.1) is 11.1 Å². The van der Waals surface area contributed by atoms with E-state index in [1.54, 1.807) is 36.6 Å². The van der Waals surface area contributed by atoms with Crippen molar-refractivity contribution in [1.29, 1.82) is 0 Å². The predicted molar refractivity (Wildman–Crippen MR) is 121 cm³/mol. The number of amides is 2. The Morgan fingerprint density at radius 2 is 1.97 bits per heavy atom. The van der Waals surface area contributed by atoms with Gasteiger partial charge in [0.1, 0.15) is 0 Å². The predicted octanol–water partition coefficient (Wildman–Crippen LogP) is 2.62. The van der Waals surface area contributed by atoms with E-state index in [-0.39, 0.29) is 11.8 Å². The second-order valence-corrected chi connectivity index (χ2v) is 8.60. The van der Waals surface area contributed by atoms with Crippen molar-refractivity contribution < 1.29 is 13.8 Å². The minimum absolute atomic E-state index is 0.138. The largest absolute Gasteiger partial charge is 0.358 e. The summed E-state index contributed by atoms with van der Waals surface area (Å²) in [6, 6.07) is 7.03. The summed E-state index contributed by atoms with van der Waals surface area (Å²) < 4.78 is 11.8. The van der Waals surface area contributed by atoms with E-state index in [9.17, 15) is 13.8 Å². The standard InChI is InChI=1S/C22H28N4O3S/c1-5-26(6-2)10-9-23-21(27)17-11-15(24-14(17)3)12-19-18-13-16(30(4)29)7-8-20(18)25-22(19)28/h7-8,11-13,24H,5-6,9-10H2,1-4H3,(H,23,27)(H,25,28)/b19-12-.